The summed E-state index contributed by atoms with van der Waals surface area (Å²) in [7, 11) is 0. The monoisotopic (exact) mass is 246 g/mol. The molecule has 0 aliphatic heterocycles. The number of nitrogens with one attached hydrogen (secondary N) is 1. The molecule has 0 unspecified atom stereocenters. The van der Waals surface area contributed by atoms with Crippen molar-refractivity contribution in [3.63, 3.8) is 0 Å². The van der Waals surface area contributed by atoms with Gasteiger partial charge in [0.15, 0.2) is 0 Å². The minimum Gasteiger partial charge on any atom is -0.352 e. The van der Waals surface area contributed by atoms with E-state index in [-0.39, 0.29) is 11.8 Å². The molecule has 1 saturated carbocycles. The lowest BCUT2D eigenvalue weighted by atomic mass is 9.88. The summed E-state index contributed by atoms with van der Waals surface area (Å²) in [4.78, 5) is 12.0. The SMILES string of the molecule is NCc1ccccc1CNC(=O)C1CCCCC1. The summed E-state index contributed by atoms with van der Waals surface area (Å²) in [6.45, 7) is 1.12. The molecule has 3 N–H and O–H groups in total. The highest BCUT2D eigenvalue weighted by Crippen LogP contribution is 2.23. The summed E-state index contributed by atoms with van der Waals surface area (Å²) >= 11 is 0. The molecule has 0 atom stereocenters. The van der Waals surface area contributed by atoms with Crippen LogP contribution >= 0.6 is 0 Å². The minimum atomic E-state index is 0.210. The zero-order valence-corrected chi connectivity index (χ0v) is 10.8. The molecule has 3 nitrogen and oxygen atoms in total. The second-order valence-electron chi connectivity index (χ2n) is 5.03. The smallest absolute Gasteiger partial charge is 0.223 e. The van der Waals surface area contributed by atoms with E-state index in [0.717, 1.165) is 24.0 Å². The fraction of sp³-hybridized carbons (Fsp3) is 0.533. The molecule has 0 heterocycles. The highest BCUT2D eigenvalue weighted by Gasteiger charge is 2.20. The van der Waals surface area contributed by atoms with Gasteiger partial charge in [-0.2, -0.15) is 0 Å². The van der Waals surface area contributed by atoms with Gasteiger partial charge in [-0.1, -0.05) is 43.5 Å². The molecular formula is C15H22N2O. The second kappa shape index (κ2) is 6.55. The zero-order valence-electron chi connectivity index (χ0n) is 10.8. The number of carbonyl (C=O) groups is 1. The third-order valence-electron chi connectivity index (χ3n) is 3.77. The van der Waals surface area contributed by atoms with Crippen molar-refractivity contribution < 1.29 is 4.79 Å². The quantitative estimate of drug-likeness (QED) is 0.856. The number of benzene rings is 1. The normalized spacial score (nSPS) is 16.5. The van der Waals surface area contributed by atoms with Crippen LogP contribution in [0.25, 0.3) is 0 Å². The number of amides is 1. The van der Waals surface area contributed by atoms with Crippen LogP contribution in [0, 0.1) is 5.92 Å². The van der Waals surface area contributed by atoms with Gasteiger partial charge < -0.3 is 11.1 Å². The molecule has 1 aliphatic carbocycles. The number of carbonyl (C=O) groups excluding carboxylic acids is 1. The highest BCUT2D eigenvalue weighted by molar-refractivity contribution is 5.78. The largest absolute Gasteiger partial charge is 0.352 e. The molecule has 1 aromatic carbocycles. The van der Waals surface area contributed by atoms with Crippen molar-refractivity contribution in [1.29, 1.82) is 0 Å². The van der Waals surface area contributed by atoms with Crippen LogP contribution in [0.1, 0.15) is 43.2 Å². The van der Waals surface area contributed by atoms with Crippen LogP contribution in [0.5, 0.6) is 0 Å². The Bertz CT molecular complexity index is 397. The maximum absolute atomic E-state index is 12.0. The predicted molar refractivity (Wildman–Crippen MR) is 72.8 cm³/mol. The second-order valence-corrected chi connectivity index (χ2v) is 5.03. The van der Waals surface area contributed by atoms with Gasteiger partial charge in [0.2, 0.25) is 5.91 Å². The Kier molecular flexibility index (Phi) is 4.76. The first-order valence-electron chi connectivity index (χ1n) is 6.86. The molecule has 3 heteroatoms. The van der Waals surface area contributed by atoms with Gasteiger partial charge in [0.1, 0.15) is 0 Å². The van der Waals surface area contributed by atoms with Crippen molar-refractivity contribution in [1.82, 2.24) is 5.32 Å². The Hall–Kier alpha value is -1.35. The fourth-order valence-corrected chi connectivity index (χ4v) is 2.62. The van der Waals surface area contributed by atoms with Crippen molar-refractivity contribution >= 4 is 5.91 Å². The number of hydrogen-bond acceptors (Lipinski definition) is 2. The van der Waals surface area contributed by atoms with Gasteiger partial charge in [0, 0.05) is 19.0 Å². The van der Waals surface area contributed by atoms with Crippen LogP contribution in [-0.4, -0.2) is 5.91 Å². The molecule has 2 rings (SSSR count). The van der Waals surface area contributed by atoms with E-state index < -0.39 is 0 Å². The van der Waals surface area contributed by atoms with Crippen LogP contribution in [-0.2, 0) is 17.9 Å². The van der Waals surface area contributed by atoms with E-state index in [0.29, 0.717) is 13.1 Å². The lowest BCUT2D eigenvalue weighted by molar-refractivity contribution is -0.126. The lowest BCUT2D eigenvalue weighted by Crippen LogP contribution is -2.31. The van der Waals surface area contributed by atoms with E-state index in [4.69, 9.17) is 5.73 Å². The molecule has 98 valence electrons. The first kappa shape index (κ1) is 13.1. The maximum atomic E-state index is 12.0. The van der Waals surface area contributed by atoms with Crippen molar-refractivity contribution in [3.05, 3.63) is 35.4 Å². The lowest BCUT2D eigenvalue weighted by Gasteiger charge is -2.21. The molecule has 1 amide bonds. The van der Waals surface area contributed by atoms with Crippen LogP contribution in [0.15, 0.2) is 24.3 Å². The van der Waals surface area contributed by atoms with Gasteiger partial charge >= 0.3 is 0 Å². The Morgan fingerprint density at radius 2 is 1.83 bits per heavy atom. The summed E-state index contributed by atoms with van der Waals surface area (Å²) in [6.07, 6.45) is 5.75. The number of nitrogens with two attached hydrogens (primary N) is 1. The molecule has 0 radical (unpaired) electrons. The van der Waals surface area contributed by atoms with Crippen LogP contribution in [0.4, 0.5) is 0 Å². The van der Waals surface area contributed by atoms with Gasteiger partial charge in [0.25, 0.3) is 0 Å². The zero-order chi connectivity index (χ0) is 12.8. The van der Waals surface area contributed by atoms with E-state index in [1.807, 2.05) is 24.3 Å². The summed E-state index contributed by atoms with van der Waals surface area (Å²) in [5.41, 5.74) is 7.93. The Morgan fingerprint density at radius 1 is 1.17 bits per heavy atom. The Labute approximate surface area is 109 Å². The van der Waals surface area contributed by atoms with Gasteiger partial charge in [0.05, 0.1) is 0 Å². The van der Waals surface area contributed by atoms with Crippen molar-refractivity contribution in [2.45, 2.75) is 45.2 Å². The van der Waals surface area contributed by atoms with E-state index in [2.05, 4.69) is 5.32 Å². The molecule has 1 fully saturated rings. The van der Waals surface area contributed by atoms with Gasteiger partial charge in [-0.25, -0.2) is 0 Å². The standard InChI is InChI=1S/C15H22N2O/c16-10-13-8-4-5-9-14(13)11-17-15(18)12-6-2-1-3-7-12/h4-5,8-9,12H,1-3,6-7,10-11,16H2,(H,17,18). The van der Waals surface area contributed by atoms with Gasteiger partial charge in [-0.05, 0) is 24.0 Å². The van der Waals surface area contributed by atoms with E-state index >= 15 is 0 Å². The third-order valence-corrected chi connectivity index (χ3v) is 3.77. The first-order valence-corrected chi connectivity index (χ1v) is 6.86. The van der Waals surface area contributed by atoms with Crippen molar-refractivity contribution in [3.8, 4) is 0 Å². The van der Waals surface area contributed by atoms with Crippen LogP contribution < -0.4 is 11.1 Å². The maximum Gasteiger partial charge on any atom is 0.223 e. The van der Waals surface area contributed by atoms with Gasteiger partial charge in [-0.15, -0.1) is 0 Å². The molecule has 1 aromatic rings. The summed E-state index contributed by atoms with van der Waals surface area (Å²) in [5.74, 6) is 0.435. The molecule has 0 aromatic heterocycles. The minimum absolute atomic E-state index is 0.210. The Morgan fingerprint density at radius 3 is 2.50 bits per heavy atom. The number of hydrogen-bond donors (Lipinski definition) is 2. The van der Waals surface area contributed by atoms with E-state index in [1.54, 1.807) is 0 Å². The molecule has 18 heavy (non-hydrogen) atoms. The van der Waals surface area contributed by atoms with Crippen LogP contribution in [0.2, 0.25) is 0 Å². The average molecular weight is 246 g/mol. The first-order chi connectivity index (χ1) is 8.81. The summed E-state index contributed by atoms with van der Waals surface area (Å²) < 4.78 is 0. The van der Waals surface area contributed by atoms with Gasteiger partial charge in [-0.3, -0.25) is 4.79 Å². The molecule has 0 bridgehead atoms. The van der Waals surface area contributed by atoms with E-state index in [1.165, 1.54) is 19.3 Å². The van der Waals surface area contributed by atoms with E-state index in [9.17, 15) is 4.79 Å². The molecule has 0 saturated heterocycles. The number of rotatable bonds is 4. The average Bonchev–Trinajstić information content (AvgIpc) is 2.46. The van der Waals surface area contributed by atoms with Crippen molar-refractivity contribution in [2.24, 2.45) is 11.7 Å². The molecule has 1 aliphatic rings. The topological polar surface area (TPSA) is 55.1 Å². The summed E-state index contributed by atoms with van der Waals surface area (Å²) in [6, 6.07) is 8.02. The van der Waals surface area contributed by atoms with Crippen LogP contribution in [0.3, 0.4) is 0 Å². The highest BCUT2D eigenvalue weighted by atomic mass is 16.1. The predicted octanol–water partition coefficient (Wildman–Crippen LogP) is 2.34. The Balaban J connectivity index is 1.88. The molecule has 0 spiro atoms. The van der Waals surface area contributed by atoms with Crippen molar-refractivity contribution in [2.75, 3.05) is 0 Å². The molecular weight excluding hydrogens is 224 g/mol. The fourth-order valence-electron chi connectivity index (χ4n) is 2.62. The third kappa shape index (κ3) is 3.33. The summed E-state index contributed by atoms with van der Waals surface area (Å²) in [5, 5.41) is 3.05.